The SMILES string of the molecule is Cc1ncc(CO)c(C=NCC(C)N=Cc2ccc(O)cc2)c1O. The molecule has 2 aromatic rings. The van der Waals surface area contributed by atoms with Crippen LogP contribution in [0.4, 0.5) is 0 Å². The summed E-state index contributed by atoms with van der Waals surface area (Å²) in [5.41, 5.74) is 2.41. The molecule has 1 heterocycles. The van der Waals surface area contributed by atoms with Gasteiger partial charge in [-0.05, 0) is 43.7 Å². The van der Waals surface area contributed by atoms with Crippen molar-refractivity contribution >= 4 is 12.4 Å². The van der Waals surface area contributed by atoms with Crippen LogP contribution in [-0.2, 0) is 6.61 Å². The number of aryl methyl sites for hydroxylation is 1. The molecule has 1 aromatic carbocycles. The molecule has 24 heavy (non-hydrogen) atoms. The summed E-state index contributed by atoms with van der Waals surface area (Å²) in [7, 11) is 0. The largest absolute Gasteiger partial charge is 0.508 e. The molecule has 0 fully saturated rings. The van der Waals surface area contributed by atoms with E-state index in [1.54, 1.807) is 43.6 Å². The van der Waals surface area contributed by atoms with Crippen molar-refractivity contribution in [2.24, 2.45) is 9.98 Å². The molecule has 0 bridgehead atoms. The number of phenols is 1. The van der Waals surface area contributed by atoms with E-state index in [2.05, 4.69) is 15.0 Å². The van der Waals surface area contributed by atoms with Gasteiger partial charge >= 0.3 is 0 Å². The minimum absolute atomic E-state index is 0.0329. The maximum Gasteiger partial charge on any atom is 0.145 e. The summed E-state index contributed by atoms with van der Waals surface area (Å²) in [5, 5.41) is 28.6. The first-order valence-corrected chi connectivity index (χ1v) is 7.61. The van der Waals surface area contributed by atoms with Gasteiger partial charge in [-0.1, -0.05) is 0 Å². The van der Waals surface area contributed by atoms with Gasteiger partial charge in [0.2, 0.25) is 0 Å². The van der Waals surface area contributed by atoms with E-state index in [0.717, 1.165) is 5.56 Å². The topological polar surface area (TPSA) is 98.3 Å². The van der Waals surface area contributed by atoms with Gasteiger partial charge in [-0.3, -0.25) is 15.0 Å². The Balaban J connectivity index is 2.01. The van der Waals surface area contributed by atoms with Crippen molar-refractivity contribution in [2.45, 2.75) is 26.5 Å². The number of phenolic OH excluding ortho intramolecular Hbond substituents is 1. The first kappa shape index (κ1) is 17.6. The second-order valence-corrected chi connectivity index (χ2v) is 5.50. The summed E-state index contributed by atoms with van der Waals surface area (Å²) in [4.78, 5) is 12.7. The summed E-state index contributed by atoms with van der Waals surface area (Å²) in [6.45, 7) is 3.86. The second-order valence-electron chi connectivity index (χ2n) is 5.50. The summed E-state index contributed by atoms with van der Waals surface area (Å²) in [5.74, 6) is 0.252. The van der Waals surface area contributed by atoms with Crippen LogP contribution in [0.2, 0.25) is 0 Å². The van der Waals surface area contributed by atoms with Gasteiger partial charge in [-0.2, -0.15) is 0 Å². The molecule has 2 rings (SSSR count). The van der Waals surface area contributed by atoms with E-state index in [4.69, 9.17) is 0 Å². The van der Waals surface area contributed by atoms with Gasteiger partial charge in [0.15, 0.2) is 0 Å². The molecule has 126 valence electrons. The molecule has 0 spiro atoms. The number of aliphatic hydroxyl groups is 1. The number of pyridine rings is 1. The number of aromatic nitrogens is 1. The van der Waals surface area contributed by atoms with E-state index in [9.17, 15) is 15.3 Å². The average molecular weight is 327 g/mol. The van der Waals surface area contributed by atoms with Crippen molar-refractivity contribution in [1.29, 1.82) is 0 Å². The highest BCUT2D eigenvalue weighted by molar-refractivity contribution is 5.85. The Kier molecular flexibility index (Phi) is 6.03. The third kappa shape index (κ3) is 4.63. The fourth-order valence-electron chi connectivity index (χ4n) is 2.04. The van der Waals surface area contributed by atoms with Crippen LogP contribution < -0.4 is 0 Å². The number of aliphatic hydroxyl groups excluding tert-OH is 1. The number of aromatic hydroxyl groups is 2. The zero-order valence-corrected chi connectivity index (χ0v) is 13.7. The van der Waals surface area contributed by atoms with E-state index >= 15 is 0 Å². The van der Waals surface area contributed by atoms with Gasteiger partial charge in [0.05, 0.1) is 24.9 Å². The highest BCUT2D eigenvalue weighted by Crippen LogP contribution is 2.21. The maximum atomic E-state index is 10.0. The molecule has 0 saturated heterocycles. The molecule has 0 aliphatic carbocycles. The molecule has 0 amide bonds. The number of hydrogen-bond acceptors (Lipinski definition) is 6. The lowest BCUT2D eigenvalue weighted by Crippen LogP contribution is -2.05. The predicted molar refractivity (Wildman–Crippen MR) is 94.2 cm³/mol. The van der Waals surface area contributed by atoms with Crippen molar-refractivity contribution in [1.82, 2.24) is 4.98 Å². The van der Waals surface area contributed by atoms with Crippen molar-refractivity contribution < 1.29 is 15.3 Å². The van der Waals surface area contributed by atoms with Crippen molar-refractivity contribution in [3.05, 3.63) is 52.8 Å². The Morgan fingerprint density at radius 1 is 1.17 bits per heavy atom. The lowest BCUT2D eigenvalue weighted by Gasteiger charge is -2.07. The number of nitrogens with zero attached hydrogens (tertiary/aromatic N) is 3. The maximum absolute atomic E-state index is 10.0. The Morgan fingerprint density at radius 3 is 2.54 bits per heavy atom. The minimum Gasteiger partial charge on any atom is -0.508 e. The normalized spacial score (nSPS) is 13.0. The van der Waals surface area contributed by atoms with Crippen molar-refractivity contribution in [3.63, 3.8) is 0 Å². The van der Waals surface area contributed by atoms with Crippen LogP contribution in [0.15, 0.2) is 40.4 Å². The predicted octanol–water partition coefficient (Wildman–Crippen LogP) is 2.22. The van der Waals surface area contributed by atoms with Crippen LogP contribution in [0.1, 0.15) is 29.3 Å². The highest BCUT2D eigenvalue weighted by atomic mass is 16.3. The molecule has 1 atom stereocenters. The molecule has 0 aliphatic rings. The Hall–Kier alpha value is -2.73. The monoisotopic (exact) mass is 327 g/mol. The van der Waals surface area contributed by atoms with Gasteiger partial charge in [-0.15, -0.1) is 0 Å². The molecular formula is C18H21N3O3. The third-order valence-electron chi connectivity index (χ3n) is 3.49. The lowest BCUT2D eigenvalue weighted by molar-refractivity contribution is 0.280. The standard InChI is InChI=1S/C18H21N3O3/c1-12(20-8-14-3-5-16(23)6-4-14)7-19-10-17-15(11-22)9-21-13(2)18(17)24/h3-6,8-10,12,22-24H,7,11H2,1-2H3. The fraction of sp³-hybridized carbons (Fsp3) is 0.278. The van der Waals surface area contributed by atoms with Gasteiger partial charge < -0.3 is 15.3 Å². The smallest absolute Gasteiger partial charge is 0.145 e. The number of hydrogen-bond donors (Lipinski definition) is 3. The molecule has 3 N–H and O–H groups in total. The van der Waals surface area contributed by atoms with Crippen LogP contribution >= 0.6 is 0 Å². The number of rotatable bonds is 6. The van der Waals surface area contributed by atoms with E-state index in [0.29, 0.717) is 23.4 Å². The summed E-state index contributed by atoms with van der Waals surface area (Å²) in [6, 6.07) is 6.72. The van der Waals surface area contributed by atoms with Crippen molar-refractivity contribution in [3.8, 4) is 11.5 Å². The van der Waals surface area contributed by atoms with Gasteiger partial charge in [0, 0.05) is 29.8 Å². The quantitative estimate of drug-likeness (QED) is 0.709. The Bertz CT molecular complexity index is 740. The van der Waals surface area contributed by atoms with Crippen LogP contribution in [-0.4, -0.2) is 45.3 Å². The zero-order valence-electron chi connectivity index (χ0n) is 13.7. The van der Waals surface area contributed by atoms with E-state index in [1.807, 2.05) is 6.92 Å². The van der Waals surface area contributed by atoms with E-state index in [-0.39, 0.29) is 24.1 Å². The second kappa shape index (κ2) is 8.21. The molecule has 6 heteroatoms. The molecular weight excluding hydrogens is 306 g/mol. The molecule has 0 saturated carbocycles. The van der Waals surface area contributed by atoms with Crippen LogP contribution in [0, 0.1) is 6.92 Å². The molecule has 6 nitrogen and oxygen atoms in total. The lowest BCUT2D eigenvalue weighted by atomic mass is 10.1. The zero-order chi connectivity index (χ0) is 17.5. The van der Waals surface area contributed by atoms with Crippen LogP contribution in [0.25, 0.3) is 0 Å². The molecule has 0 aliphatic heterocycles. The molecule has 0 radical (unpaired) electrons. The summed E-state index contributed by atoms with van der Waals surface area (Å²) < 4.78 is 0. The summed E-state index contributed by atoms with van der Waals surface area (Å²) >= 11 is 0. The van der Waals surface area contributed by atoms with Crippen LogP contribution in [0.5, 0.6) is 11.5 Å². The first-order valence-electron chi connectivity index (χ1n) is 7.61. The Morgan fingerprint density at radius 2 is 1.88 bits per heavy atom. The average Bonchev–Trinajstić information content (AvgIpc) is 2.58. The van der Waals surface area contributed by atoms with E-state index in [1.165, 1.54) is 6.20 Å². The fourth-order valence-corrected chi connectivity index (χ4v) is 2.04. The van der Waals surface area contributed by atoms with Gasteiger partial charge in [-0.25, -0.2) is 0 Å². The van der Waals surface area contributed by atoms with Gasteiger partial charge in [0.1, 0.15) is 11.5 Å². The molecule has 1 aromatic heterocycles. The Labute approximate surface area is 140 Å². The van der Waals surface area contributed by atoms with Gasteiger partial charge in [0.25, 0.3) is 0 Å². The third-order valence-corrected chi connectivity index (χ3v) is 3.49. The van der Waals surface area contributed by atoms with Crippen molar-refractivity contribution in [2.75, 3.05) is 6.54 Å². The minimum atomic E-state index is -0.212. The summed E-state index contributed by atoms with van der Waals surface area (Å²) in [6.07, 6.45) is 4.80. The molecule has 1 unspecified atom stereocenters. The number of benzene rings is 1. The number of aliphatic imine (C=N–C) groups is 2. The highest BCUT2D eigenvalue weighted by Gasteiger charge is 2.09. The van der Waals surface area contributed by atoms with E-state index < -0.39 is 0 Å². The first-order chi connectivity index (χ1) is 11.5. The van der Waals surface area contributed by atoms with Crippen LogP contribution in [0.3, 0.4) is 0 Å².